The molecule has 1 unspecified atom stereocenters. The number of carbonyl (C=O) groups excluding carboxylic acids is 2. The highest BCUT2D eigenvalue weighted by molar-refractivity contribution is 7.99. The summed E-state index contributed by atoms with van der Waals surface area (Å²) in [6.07, 6.45) is 6.94. The molecular formula is C35H35N6O5PS. The van der Waals surface area contributed by atoms with E-state index in [4.69, 9.17) is 14.4 Å². The second kappa shape index (κ2) is 14.2. The maximum absolute atomic E-state index is 15.3. The van der Waals surface area contributed by atoms with Gasteiger partial charge in [0.1, 0.15) is 11.8 Å². The van der Waals surface area contributed by atoms with Gasteiger partial charge in [0.2, 0.25) is 0 Å². The standard InChI is InChI=1S/C35H31N6O5PS.2H2/c1-23(35(43)45-3)40-47(44,46-32-14-8-13-29-27(32)12-9-21-38-29)41-31-22-25(48-33-15-5-4-11-28(33)34(42)36-2)17-18-26(31)30(39-41)19-16-24-10-6-7-20-37-24;;/h4-23H,1-3H3,(H,36,42)(H,40,44);2*1H/b19-16+;;/t23-,47?;;/m0../s1. The maximum Gasteiger partial charge on any atom is 0.440 e. The third kappa shape index (κ3) is 6.86. The number of hydrogen-bond donors (Lipinski definition) is 2. The summed E-state index contributed by atoms with van der Waals surface area (Å²) in [5.74, 6) is -0.561. The van der Waals surface area contributed by atoms with Crippen LogP contribution >= 0.6 is 19.4 Å². The summed E-state index contributed by atoms with van der Waals surface area (Å²) < 4.78 is 27.9. The van der Waals surface area contributed by atoms with Crippen molar-refractivity contribution in [1.29, 1.82) is 0 Å². The van der Waals surface area contributed by atoms with Crippen molar-refractivity contribution in [3.05, 3.63) is 120 Å². The van der Waals surface area contributed by atoms with Crippen LogP contribution in [0.3, 0.4) is 0 Å². The fraction of sp³-hybridized carbons (Fsp3) is 0.114. The number of esters is 1. The van der Waals surface area contributed by atoms with E-state index in [2.05, 4.69) is 20.4 Å². The molecule has 0 saturated heterocycles. The van der Waals surface area contributed by atoms with Crippen LogP contribution in [-0.4, -0.2) is 51.6 Å². The molecule has 6 aromatic rings. The molecule has 6 rings (SSSR count). The summed E-state index contributed by atoms with van der Waals surface area (Å²) in [6.45, 7) is 1.54. The first-order valence-corrected chi connectivity index (χ1v) is 17.3. The first-order chi connectivity index (χ1) is 23.3. The smallest absolute Gasteiger partial charge is 0.440 e. The van der Waals surface area contributed by atoms with Crippen molar-refractivity contribution in [2.45, 2.75) is 22.8 Å². The van der Waals surface area contributed by atoms with Crippen LogP contribution in [0.5, 0.6) is 5.75 Å². The molecule has 0 fully saturated rings. The van der Waals surface area contributed by atoms with Gasteiger partial charge in [-0.1, -0.05) is 36.0 Å². The molecule has 11 nitrogen and oxygen atoms in total. The zero-order valence-electron chi connectivity index (χ0n) is 26.2. The van der Waals surface area contributed by atoms with Gasteiger partial charge in [0, 0.05) is 42.9 Å². The van der Waals surface area contributed by atoms with E-state index in [-0.39, 0.29) is 14.5 Å². The highest BCUT2D eigenvalue weighted by atomic mass is 32.2. The number of nitrogens with zero attached hydrogens (tertiary/aromatic N) is 4. The van der Waals surface area contributed by atoms with Crippen molar-refractivity contribution in [2.24, 2.45) is 0 Å². The van der Waals surface area contributed by atoms with E-state index in [0.29, 0.717) is 38.8 Å². The molecule has 3 heterocycles. The third-order valence-electron chi connectivity index (χ3n) is 7.34. The maximum atomic E-state index is 15.3. The van der Waals surface area contributed by atoms with Crippen molar-refractivity contribution < 1.29 is 26.3 Å². The van der Waals surface area contributed by atoms with Crippen LogP contribution < -0.4 is 14.9 Å². The van der Waals surface area contributed by atoms with Crippen molar-refractivity contribution >= 4 is 65.3 Å². The average Bonchev–Trinajstić information content (AvgIpc) is 3.49. The lowest BCUT2D eigenvalue weighted by Crippen LogP contribution is -2.36. The molecule has 0 aliphatic rings. The van der Waals surface area contributed by atoms with Crippen LogP contribution in [0.4, 0.5) is 0 Å². The van der Waals surface area contributed by atoms with Gasteiger partial charge in [0.15, 0.2) is 0 Å². The number of pyridine rings is 2. The predicted octanol–water partition coefficient (Wildman–Crippen LogP) is 7.34. The lowest BCUT2D eigenvalue weighted by atomic mass is 10.2. The first-order valence-electron chi connectivity index (χ1n) is 14.9. The summed E-state index contributed by atoms with van der Waals surface area (Å²) in [5, 5.41) is 11.7. The third-order valence-corrected chi connectivity index (χ3v) is 10.4. The minimum atomic E-state index is -4.27. The molecule has 0 aliphatic carbocycles. The number of ether oxygens (including phenoxy) is 1. The molecule has 0 spiro atoms. The average molecular weight is 683 g/mol. The highest BCUT2D eigenvalue weighted by Gasteiger charge is 2.36. The second-order valence-corrected chi connectivity index (χ2v) is 13.5. The Balaban J connectivity index is 0.00000281. The van der Waals surface area contributed by atoms with Crippen molar-refractivity contribution in [3.8, 4) is 5.75 Å². The van der Waals surface area contributed by atoms with Crippen LogP contribution in [-0.2, 0) is 14.1 Å². The van der Waals surface area contributed by atoms with Crippen LogP contribution in [0.2, 0.25) is 0 Å². The van der Waals surface area contributed by atoms with Crippen LogP contribution in [0.1, 0.15) is 31.5 Å². The molecule has 2 N–H and O–H groups in total. The van der Waals surface area contributed by atoms with Gasteiger partial charge < -0.3 is 14.6 Å². The van der Waals surface area contributed by atoms with Gasteiger partial charge in [0.25, 0.3) is 5.91 Å². The Bertz CT molecular complexity index is 2210. The van der Waals surface area contributed by atoms with Crippen molar-refractivity contribution in [2.75, 3.05) is 14.2 Å². The Labute approximate surface area is 283 Å². The van der Waals surface area contributed by atoms with E-state index in [0.717, 1.165) is 9.79 Å². The topological polar surface area (TPSA) is 137 Å². The lowest BCUT2D eigenvalue weighted by Gasteiger charge is -2.24. The van der Waals surface area contributed by atoms with Crippen molar-refractivity contribution in [1.82, 2.24) is 29.9 Å². The number of hydrogen-bond acceptors (Lipinski definition) is 9. The number of fused-ring (bicyclic) bond motifs is 2. The molecule has 0 radical (unpaired) electrons. The van der Waals surface area contributed by atoms with Gasteiger partial charge in [-0.2, -0.15) is 9.55 Å². The summed E-state index contributed by atoms with van der Waals surface area (Å²) in [4.78, 5) is 35.5. The molecule has 0 bridgehead atoms. The Morgan fingerprint density at radius 3 is 2.54 bits per heavy atom. The van der Waals surface area contributed by atoms with Crippen LogP contribution in [0.25, 0.3) is 34.0 Å². The van der Waals surface area contributed by atoms with Gasteiger partial charge in [-0.05, 0) is 85.8 Å². The molecule has 2 atom stereocenters. The predicted molar refractivity (Wildman–Crippen MR) is 191 cm³/mol. The molecule has 48 heavy (non-hydrogen) atoms. The molecular weight excluding hydrogens is 647 g/mol. The molecule has 0 saturated carbocycles. The monoisotopic (exact) mass is 682 g/mol. The van der Waals surface area contributed by atoms with Crippen LogP contribution in [0.15, 0.2) is 113 Å². The van der Waals surface area contributed by atoms with E-state index < -0.39 is 19.7 Å². The number of amides is 1. The quantitative estimate of drug-likeness (QED) is 0.105. The Kier molecular flexibility index (Phi) is 9.67. The van der Waals surface area contributed by atoms with Gasteiger partial charge in [-0.25, -0.2) is 9.65 Å². The van der Waals surface area contributed by atoms with Gasteiger partial charge in [-0.3, -0.25) is 19.6 Å². The van der Waals surface area contributed by atoms with E-state index in [1.807, 2.05) is 60.7 Å². The second-order valence-electron chi connectivity index (χ2n) is 10.5. The van der Waals surface area contributed by atoms with Gasteiger partial charge >= 0.3 is 13.6 Å². The minimum absolute atomic E-state index is 0. The molecule has 1 amide bonds. The SMILES string of the molecule is CNC(=O)c1ccccc1Sc1ccc2c(/C=C/c3ccccn3)nn(P(=O)(N[C@@H](C)C(=O)OC)Oc3cccc4ncccc34)c2c1.[HH].[HH]. The van der Waals surface area contributed by atoms with Crippen LogP contribution in [0, 0.1) is 0 Å². The summed E-state index contributed by atoms with van der Waals surface area (Å²) in [7, 11) is -1.43. The Morgan fingerprint density at radius 2 is 1.75 bits per heavy atom. The fourth-order valence-electron chi connectivity index (χ4n) is 5.02. The molecule has 13 heteroatoms. The zero-order chi connectivity index (χ0) is 33.7. The number of nitrogens with one attached hydrogen (secondary N) is 2. The number of methoxy groups -OCH3 is 1. The first kappa shape index (κ1) is 32.6. The number of carbonyl (C=O) groups is 2. The van der Waals surface area contributed by atoms with E-state index in [1.54, 1.807) is 61.9 Å². The summed E-state index contributed by atoms with van der Waals surface area (Å²) in [5.41, 5.74) is 2.82. The number of benzene rings is 3. The lowest BCUT2D eigenvalue weighted by molar-refractivity contribution is -0.142. The molecule has 0 aliphatic heterocycles. The Hall–Kier alpha value is -5.29. The molecule has 3 aromatic heterocycles. The van der Waals surface area contributed by atoms with Gasteiger partial charge in [0.05, 0.1) is 35.1 Å². The minimum Gasteiger partial charge on any atom is -0.468 e. The Morgan fingerprint density at radius 1 is 0.938 bits per heavy atom. The van der Waals surface area contributed by atoms with E-state index >= 15 is 4.57 Å². The normalized spacial score (nSPS) is 13.3. The van der Waals surface area contributed by atoms with E-state index in [1.165, 1.54) is 30.2 Å². The zero-order valence-corrected chi connectivity index (χ0v) is 27.9. The van der Waals surface area contributed by atoms with Gasteiger partial charge in [-0.15, -0.1) is 0 Å². The highest BCUT2D eigenvalue weighted by Crippen LogP contribution is 2.49. The summed E-state index contributed by atoms with van der Waals surface area (Å²) in [6, 6.07) is 26.2. The summed E-state index contributed by atoms with van der Waals surface area (Å²) >= 11 is 1.38. The fourth-order valence-corrected chi connectivity index (χ4v) is 7.92. The number of aromatic nitrogens is 4. The molecule has 246 valence electrons. The number of rotatable bonds is 11. The molecule has 3 aromatic carbocycles. The van der Waals surface area contributed by atoms with E-state index in [9.17, 15) is 9.59 Å². The van der Waals surface area contributed by atoms with Crippen molar-refractivity contribution in [3.63, 3.8) is 0 Å². The largest absolute Gasteiger partial charge is 0.468 e.